The van der Waals surface area contributed by atoms with Gasteiger partial charge >= 0.3 is 7.48 Å². The maximum atomic E-state index is 10.1. The molecule has 0 spiro atoms. The van der Waals surface area contributed by atoms with Gasteiger partial charge in [-0.1, -0.05) is 42.6 Å². The van der Waals surface area contributed by atoms with Crippen LogP contribution in [0.4, 0.5) is 0 Å². The highest BCUT2D eigenvalue weighted by Gasteiger charge is 2.35. The maximum absolute atomic E-state index is 10.1. The van der Waals surface area contributed by atoms with E-state index in [0.29, 0.717) is 0 Å². The first kappa shape index (κ1) is 20.5. The van der Waals surface area contributed by atoms with E-state index in [2.05, 4.69) is 24.3 Å². The van der Waals surface area contributed by atoms with Gasteiger partial charge < -0.3 is 14.9 Å². The summed E-state index contributed by atoms with van der Waals surface area (Å²) in [5.74, 6) is 0.749. The van der Waals surface area contributed by atoms with E-state index in [1.165, 1.54) is 18.4 Å². The van der Waals surface area contributed by atoms with Crippen LogP contribution < -0.4 is 5.46 Å². The van der Waals surface area contributed by atoms with E-state index in [9.17, 15) is 10.2 Å². The first-order valence-electron chi connectivity index (χ1n) is 9.68. The molecule has 2 N–H and O–H groups in total. The van der Waals surface area contributed by atoms with E-state index in [0.717, 1.165) is 43.5 Å². The van der Waals surface area contributed by atoms with Gasteiger partial charge in [0.15, 0.2) is 0 Å². The molecule has 2 atom stereocenters. The van der Waals surface area contributed by atoms with Crippen molar-refractivity contribution in [1.82, 2.24) is 0 Å². The van der Waals surface area contributed by atoms with Gasteiger partial charge in [0.05, 0.1) is 17.3 Å². The van der Waals surface area contributed by atoms with Gasteiger partial charge in [0.25, 0.3) is 0 Å². The lowest BCUT2D eigenvalue weighted by molar-refractivity contribution is -0.0893. The number of aryl methyl sites for hydroxylation is 1. The molecule has 0 aliphatic heterocycles. The molecule has 4 heteroatoms. The van der Waals surface area contributed by atoms with Crippen LogP contribution in [0.1, 0.15) is 71.8 Å². The molecule has 0 saturated heterocycles. The highest BCUT2D eigenvalue weighted by atomic mass is 16.5. The Morgan fingerprint density at radius 1 is 1.04 bits per heavy atom. The van der Waals surface area contributed by atoms with Crippen molar-refractivity contribution < 1.29 is 14.9 Å². The predicted molar refractivity (Wildman–Crippen MR) is 104 cm³/mol. The lowest BCUT2D eigenvalue weighted by atomic mass is 9.82. The molecule has 1 aliphatic carbocycles. The average Bonchev–Trinajstić information content (AvgIpc) is 2.75. The van der Waals surface area contributed by atoms with Gasteiger partial charge in [0.2, 0.25) is 0 Å². The minimum absolute atomic E-state index is 0.0760. The summed E-state index contributed by atoms with van der Waals surface area (Å²) in [6, 6.07) is 8.48. The van der Waals surface area contributed by atoms with Crippen LogP contribution in [0, 0.1) is 5.92 Å². The minimum atomic E-state index is -0.907. The molecule has 139 valence electrons. The minimum Gasteiger partial charge on any atom is -0.427 e. The molecule has 0 bridgehead atoms. The molecule has 3 nitrogen and oxygen atoms in total. The molecule has 2 rings (SSSR count). The zero-order chi connectivity index (χ0) is 18.5. The third-order valence-corrected chi connectivity index (χ3v) is 5.84. The molecule has 1 saturated carbocycles. The molecule has 0 heterocycles. The number of rotatable bonds is 7. The fourth-order valence-corrected chi connectivity index (χ4v) is 3.14. The molecule has 1 unspecified atom stereocenters. The summed E-state index contributed by atoms with van der Waals surface area (Å²) in [7, 11) is 1.73. The van der Waals surface area contributed by atoms with Gasteiger partial charge in [0, 0.05) is 0 Å². The van der Waals surface area contributed by atoms with E-state index in [4.69, 9.17) is 4.65 Å². The summed E-state index contributed by atoms with van der Waals surface area (Å²) in [6.45, 7) is 7.30. The lowest BCUT2D eigenvalue weighted by Crippen LogP contribution is -2.49. The maximum Gasteiger partial charge on any atom is 0.330 e. The highest BCUT2D eigenvalue weighted by Crippen LogP contribution is 2.27. The summed E-state index contributed by atoms with van der Waals surface area (Å²) in [5, 5.41) is 19.9. The number of aliphatic hydroxyl groups excluding tert-OH is 1. The van der Waals surface area contributed by atoms with Crippen LogP contribution in [0.3, 0.4) is 0 Å². The molecule has 1 fully saturated rings. The van der Waals surface area contributed by atoms with Crippen molar-refractivity contribution in [2.75, 3.05) is 0 Å². The second-order valence-corrected chi connectivity index (χ2v) is 8.61. The zero-order valence-corrected chi connectivity index (χ0v) is 16.3. The fourth-order valence-electron chi connectivity index (χ4n) is 3.14. The first-order chi connectivity index (χ1) is 11.7. The SMILES string of the molecule is CC(C)(O)C(C)(C)O[B]c1ccc(CC[C@H]2CCCC(O)CC2)cc1. The van der Waals surface area contributed by atoms with Crippen LogP contribution in [-0.4, -0.2) is 35.0 Å². The van der Waals surface area contributed by atoms with E-state index < -0.39 is 11.2 Å². The Hall–Kier alpha value is -0.835. The predicted octanol–water partition coefficient (Wildman–Crippen LogP) is 3.37. The smallest absolute Gasteiger partial charge is 0.330 e. The van der Waals surface area contributed by atoms with Crippen molar-refractivity contribution in [3.8, 4) is 0 Å². The number of benzene rings is 1. The van der Waals surface area contributed by atoms with Crippen LogP contribution in [0.5, 0.6) is 0 Å². The van der Waals surface area contributed by atoms with Crippen LogP contribution in [0.25, 0.3) is 0 Å². The quantitative estimate of drug-likeness (QED) is 0.588. The Morgan fingerprint density at radius 2 is 1.72 bits per heavy atom. The van der Waals surface area contributed by atoms with Crippen molar-refractivity contribution in [2.24, 2.45) is 5.92 Å². The third-order valence-electron chi connectivity index (χ3n) is 5.84. The fraction of sp³-hybridized carbons (Fsp3) is 0.714. The largest absolute Gasteiger partial charge is 0.427 e. The van der Waals surface area contributed by atoms with E-state index in [1.807, 2.05) is 13.8 Å². The first-order valence-corrected chi connectivity index (χ1v) is 9.68. The van der Waals surface area contributed by atoms with Crippen molar-refractivity contribution in [3.63, 3.8) is 0 Å². The molecular weight excluding hydrogens is 311 g/mol. The molecule has 1 aromatic rings. The second kappa shape index (κ2) is 8.70. The number of aliphatic hydroxyl groups is 2. The zero-order valence-electron chi connectivity index (χ0n) is 16.3. The van der Waals surface area contributed by atoms with Crippen molar-refractivity contribution in [3.05, 3.63) is 29.8 Å². The second-order valence-electron chi connectivity index (χ2n) is 8.61. The highest BCUT2D eigenvalue weighted by molar-refractivity contribution is 6.47. The third kappa shape index (κ3) is 6.43. The Morgan fingerprint density at radius 3 is 2.36 bits per heavy atom. The Kier molecular flexibility index (Phi) is 7.13. The van der Waals surface area contributed by atoms with Gasteiger partial charge in [-0.3, -0.25) is 0 Å². The standard InChI is InChI=1S/C21H34BO3/c1-20(2,24)21(3,4)25-22-18-13-10-17(11-14-18)9-8-16-6-5-7-19(23)15-12-16/h10-11,13-14,16,19,23-24H,5-9,12,15H2,1-4H3/t16-,19?/m1/s1. The molecular formula is C21H34BO3. The topological polar surface area (TPSA) is 49.7 Å². The summed E-state index contributed by atoms with van der Waals surface area (Å²) in [6.07, 6.45) is 7.74. The van der Waals surface area contributed by atoms with Crippen molar-refractivity contribution in [2.45, 2.75) is 89.9 Å². The molecule has 1 aromatic carbocycles. The van der Waals surface area contributed by atoms with Crippen LogP contribution in [0.2, 0.25) is 0 Å². The Bertz CT molecular complexity index is 519. The van der Waals surface area contributed by atoms with Crippen LogP contribution in [-0.2, 0) is 11.1 Å². The Labute approximate surface area is 154 Å². The van der Waals surface area contributed by atoms with Gasteiger partial charge in [0.1, 0.15) is 0 Å². The van der Waals surface area contributed by atoms with Crippen LogP contribution in [0.15, 0.2) is 24.3 Å². The number of hydrogen-bond donors (Lipinski definition) is 2. The molecule has 1 aliphatic rings. The molecule has 25 heavy (non-hydrogen) atoms. The summed E-state index contributed by atoms with van der Waals surface area (Å²) < 4.78 is 5.80. The summed E-state index contributed by atoms with van der Waals surface area (Å²) in [5.41, 5.74) is 0.813. The van der Waals surface area contributed by atoms with E-state index in [1.54, 1.807) is 21.3 Å². The van der Waals surface area contributed by atoms with E-state index >= 15 is 0 Å². The summed E-state index contributed by atoms with van der Waals surface area (Å²) in [4.78, 5) is 0. The van der Waals surface area contributed by atoms with Gasteiger partial charge in [-0.15, -0.1) is 0 Å². The summed E-state index contributed by atoms with van der Waals surface area (Å²) >= 11 is 0. The van der Waals surface area contributed by atoms with Gasteiger partial charge in [-0.2, -0.15) is 0 Å². The molecule has 1 radical (unpaired) electrons. The average molecular weight is 345 g/mol. The monoisotopic (exact) mass is 345 g/mol. The normalized spacial score (nSPS) is 22.5. The van der Waals surface area contributed by atoms with Crippen molar-refractivity contribution in [1.29, 1.82) is 0 Å². The van der Waals surface area contributed by atoms with E-state index in [-0.39, 0.29) is 6.10 Å². The Balaban J connectivity index is 1.80. The van der Waals surface area contributed by atoms with Crippen molar-refractivity contribution >= 4 is 12.9 Å². The van der Waals surface area contributed by atoms with Gasteiger partial charge in [-0.05, 0) is 71.3 Å². The number of hydrogen-bond acceptors (Lipinski definition) is 3. The molecule has 0 amide bonds. The van der Waals surface area contributed by atoms with Crippen LogP contribution >= 0.6 is 0 Å². The van der Waals surface area contributed by atoms with Gasteiger partial charge in [-0.25, -0.2) is 0 Å². The molecule has 0 aromatic heterocycles. The lowest BCUT2D eigenvalue weighted by Gasteiger charge is -2.37.